The first kappa shape index (κ1) is 20.6. The van der Waals surface area contributed by atoms with Crippen LogP contribution >= 0.6 is 11.3 Å². The second kappa shape index (κ2) is 8.92. The highest BCUT2D eigenvalue weighted by atomic mass is 32.1. The molecule has 2 aromatic carbocycles. The number of esters is 2. The molecule has 0 aliphatic rings. The van der Waals surface area contributed by atoms with Gasteiger partial charge in [-0.15, -0.1) is 11.3 Å². The Labute approximate surface area is 173 Å². The van der Waals surface area contributed by atoms with Crippen molar-refractivity contribution in [3.8, 4) is 11.5 Å². The number of rotatable bonds is 8. The maximum absolute atomic E-state index is 11.6. The van der Waals surface area contributed by atoms with Gasteiger partial charge >= 0.3 is 11.9 Å². The molecular weight excluding hydrogens is 388 g/mol. The molecule has 0 saturated heterocycles. The molecule has 29 heavy (non-hydrogen) atoms. The average Bonchev–Trinajstić information content (AvgIpc) is 3.11. The Hall–Kier alpha value is -3.12. The molecule has 150 valence electrons. The monoisotopic (exact) mass is 410 g/mol. The van der Waals surface area contributed by atoms with Gasteiger partial charge in [-0.2, -0.15) is 0 Å². The molecule has 0 saturated carbocycles. The van der Waals surface area contributed by atoms with Gasteiger partial charge in [-0.1, -0.05) is 25.3 Å². The summed E-state index contributed by atoms with van der Waals surface area (Å²) in [7, 11) is 1.56. The molecule has 0 bridgehead atoms. The molecule has 0 fully saturated rings. The number of ether oxygens (including phenoxy) is 3. The van der Waals surface area contributed by atoms with Gasteiger partial charge in [0, 0.05) is 27.6 Å². The fourth-order valence-electron chi connectivity index (χ4n) is 3.22. The largest absolute Gasteiger partial charge is 0.491 e. The van der Waals surface area contributed by atoms with Crippen LogP contribution in [0.15, 0.2) is 49.6 Å². The average molecular weight is 410 g/mol. The van der Waals surface area contributed by atoms with Gasteiger partial charge in [0.1, 0.15) is 0 Å². The van der Waals surface area contributed by atoms with E-state index in [1.165, 1.54) is 17.2 Å². The summed E-state index contributed by atoms with van der Waals surface area (Å²) in [5.74, 6) is -0.0179. The molecule has 1 heterocycles. The van der Waals surface area contributed by atoms with E-state index in [1.807, 2.05) is 6.07 Å². The number of fused-ring (bicyclic) bond motifs is 3. The van der Waals surface area contributed by atoms with Crippen LogP contribution in [0.25, 0.3) is 20.2 Å². The predicted octanol–water partition coefficient (Wildman–Crippen LogP) is 5.12. The molecule has 5 nitrogen and oxygen atoms in total. The third-order valence-corrected chi connectivity index (χ3v) is 6.01. The van der Waals surface area contributed by atoms with Gasteiger partial charge in [0.2, 0.25) is 0 Å². The summed E-state index contributed by atoms with van der Waals surface area (Å²) in [6, 6.07) is 7.89. The van der Waals surface area contributed by atoms with Gasteiger partial charge in [0.15, 0.2) is 11.5 Å². The third-order valence-electron chi connectivity index (χ3n) is 4.67. The minimum absolute atomic E-state index is 0.362. The maximum atomic E-state index is 11.6. The highest BCUT2D eigenvalue weighted by Crippen LogP contribution is 2.45. The lowest BCUT2D eigenvalue weighted by molar-refractivity contribution is -0.137. The minimum atomic E-state index is -0.528. The zero-order valence-corrected chi connectivity index (χ0v) is 17.3. The lowest BCUT2D eigenvalue weighted by atomic mass is 10.0. The molecule has 3 aromatic rings. The van der Waals surface area contributed by atoms with E-state index in [0.29, 0.717) is 18.1 Å². The van der Waals surface area contributed by atoms with Crippen LogP contribution in [0.4, 0.5) is 0 Å². The topological polar surface area (TPSA) is 61.8 Å². The van der Waals surface area contributed by atoms with Crippen LogP contribution in [0.2, 0.25) is 0 Å². The lowest BCUT2D eigenvalue weighted by Gasteiger charge is -2.08. The number of hydrogen-bond acceptors (Lipinski definition) is 6. The smallest absolute Gasteiger partial charge is 0.335 e. The first-order valence-corrected chi connectivity index (χ1v) is 9.97. The fraction of sp³-hybridized carbons (Fsp3) is 0.217. The van der Waals surface area contributed by atoms with Gasteiger partial charge in [0.05, 0.1) is 18.4 Å². The molecule has 6 heteroatoms. The number of benzene rings is 2. The summed E-state index contributed by atoms with van der Waals surface area (Å²) in [5.41, 5.74) is 2.39. The van der Waals surface area contributed by atoms with Crippen molar-refractivity contribution in [1.82, 2.24) is 0 Å². The molecule has 0 N–H and O–H groups in total. The normalized spacial score (nSPS) is 10.7. The Bertz CT molecular complexity index is 1110. The molecule has 0 aliphatic heterocycles. The van der Waals surface area contributed by atoms with Crippen molar-refractivity contribution in [1.29, 1.82) is 0 Å². The minimum Gasteiger partial charge on any atom is -0.491 e. The van der Waals surface area contributed by atoms with Gasteiger partial charge in [-0.05, 0) is 43.0 Å². The van der Waals surface area contributed by atoms with E-state index in [0.717, 1.165) is 39.1 Å². The van der Waals surface area contributed by atoms with Gasteiger partial charge in [0.25, 0.3) is 0 Å². The zero-order valence-electron chi connectivity index (χ0n) is 16.4. The van der Waals surface area contributed by atoms with Crippen LogP contribution in [0, 0.1) is 6.92 Å². The molecule has 0 spiro atoms. The second-order valence-corrected chi connectivity index (χ2v) is 7.42. The van der Waals surface area contributed by atoms with E-state index in [-0.39, 0.29) is 0 Å². The highest BCUT2D eigenvalue weighted by molar-refractivity contribution is 7.26. The van der Waals surface area contributed by atoms with Crippen molar-refractivity contribution in [2.75, 3.05) is 13.7 Å². The Morgan fingerprint density at radius 1 is 1.03 bits per heavy atom. The molecule has 0 atom stereocenters. The summed E-state index contributed by atoms with van der Waals surface area (Å²) in [6.07, 6.45) is 3.83. The van der Waals surface area contributed by atoms with E-state index in [9.17, 15) is 9.59 Å². The van der Waals surface area contributed by atoms with Gasteiger partial charge in [-0.25, -0.2) is 9.59 Å². The summed E-state index contributed by atoms with van der Waals surface area (Å²) >= 11 is 1.61. The molecule has 0 aliphatic carbocycles. The first-order chi connectivity index (χ1) is 14.0. The fourth-order valence-corrected chi connectivity index (χ4v) is 4.57. The van der Waals surface area contributed by atoms with Gasteiger partial charge < -0.3 is 14.2 Å². The third kappa shape index (κ3) is 4.17. The van der Waals surface area contributed by atoms with Gasteiger partial charge in [-0.3, -0.25) is 0 Å². The van der Waals surface area contributed by atoms with Crippen molar-refractivity contribution >= 4 is 43.4 Å². The summed E-state index contributed by atoms with van der Waals surface area (Å²) < 4.78 is 18.0. The first-order valence-electron chi connectivity index (χ1n) is 9.15. The van der Waals surface area contributed by atoms with E-state index in [2.05, 4.69) is 32.2 Å². The van der Waals surface area contributed by atoms with E-state index < -0.39 is 11.9 Å². The van der Waals surface area contributed by atoms with Crippen LogP contribution < -0.4 is 9.47 Å². The molecule has 0 unspecified atom stereocenters. The van der Waals surface area contributed by atoms with Crippen LogP contribution in [-0.2, 0) is 20.7 Å². The number of aryl methyl sites for hydroxylation is 2. The van der Waals surface area contributed by atoms with Crippen molar-refractivity contribution in [3.63, 3.8) is 0 Å². The second-order valence-electron chi connectivity index (χ2n) is 6.40. The van der Waals surface area contributed by atoms with E-state index in [4.69, 9.17) is 14.2 Å². The molecular formula is C23H22O5S. The standard InChI is InChI=1S/C23H22O5S/c1-5-19(24)27-13-7-8-15-9-10-16-17-11-12-18(28-20(25)6-2)21(26-4)23(17)29-22(16)14(15)3/h5-6,9-12H,1-2,7-8,13H2,3-4H3. The predicted molar refractivity (Wildman–Crippen MR) is 116 cm³/mol. The summed E-state index contributed by atoms with van der Waals surface area (Å²) in [4.78, 5) is 22.8. The Morgan fingerprint density at radius 2 is 1.72 bits per heavy atom. The quantitative estimate of drug-likeness (QED) is 0.223. The van der Waals surface area contributed by atoms with Crippen LogP contribution in [0.5, 0.6) is 11.5 Å². The number of hydrogen-bond donors (Lipinski definition) is 0. The highest BCUT2D eigenvalue weighted by Gasteiger charge is 2.18. The number of methoxy groups -OCH3 is 1. The summed E-state index contributed by atoms with van der Waals surface area (Å²) in [5, 5.41) is 2.18. The molecule has 0 radical (unpaired) electrons. The van der Waals surface area contributed by atoms with Crippen LogP contribution in [0.3, 0.4) is 0 Å². The van der Waals surface area contributed by atoms with E-state index in [1.54, 1.807) is 24.5 Å². The molecule has 0 amide bonds. The Kier molecular flexibility index (Phi) is 6.34. The number of thiophene rings is 1. The zero-order chi connectivity index (χ0) is 21.0. The number of carbonyl (C=O) groups excluding carboxylic acids is 2. The maximum Gasteiger partial charge on any atom is 0.335 e. The van der Waals surface area contributed by atoms with E-state index >= 15 is 0 Å². The van der Waals surface area contributed by atoms with Crippen LogP contribution in [-0.4, -0.2) is 25.7 Å². The Balaban J connectivity index is 1.96. The Morgan fingerprint density at radius 3 is 2.41 bits per heavy atom. The summed E-state index contributed by atoms with van der Waals surface area (Å²) in [6.45, 7) is 9.27. The molecule has 1 aromatic heterocycles. The van der Waals surface area contributed by atoms with Crippen molar-refractivity contribution in [2.24, 2.45) is 0 Å². The molecule has 3 rings (SSSR count). The van der Waals surface area contributed by atoms with Crippen LogP contribution in [0.1, 0.15) is 17.5 Å². The van der Waals surface area contributed by atoms with Crippen molar-refractivity contribution < 1.29 is 23.8 Å². The number of carbonyl (C=O) groups is 2. The SMILES string of the molecule is C=CC(=O)OCCCc1ccc2c(sc3c(OC)c(OC(=O)C=C)ccc32)c1C. The van der Waals surface area contributed by atoms with Crippen molar-refractivity contribution in [2.45, 2.75) is 19.8 Å². The van der Waals surface area contributed by atoms with Crippen molar-refractivity contribution in [3.05, 3.63) is 60.7 Å². The lowest BCUT2D eigenvalue weighted by Crippen LogP contribution is -2.04.